The highest BCUT2D eigenvalue weighted by Crippen LogP contribution is 2.29. The summed E-state index contributed by atoms with van der Waals surface area (Å²) in [4.78, 5) is 21.2. The van der Waals surface area contributed by atoms with Gasteiger partial charge in [-0.05, 0) is 28.5 Å². The van der Waals surface area contributed by atoms with E-state index in [-0.39, 0.29) is 12.4 Å². The first-order valence-corrected chi connectivity index (χ1v) is 6.18. The van der Waals surface area contributed by atoms with Crippen molar-refractivity contribution in [3.8, 4) is 5.75 Å². The second-order valence-corrected chi connectivity index (χ2v) is 4.41. The molecule has 0 atom stereocenters. The number of nitrogens with zero attached hydrogens (tertiary/aromatic N) is 1. The summed E-state index contributed by atoms with van der Waals surface area (Å²) in [5, 5.41) is 23.6. The van der Waals surface area contributed by atoms with Gasteiger partial charge in [0.2, 0.25) is 0 Å². The summed E-state index contributed by atoms with van der Waals surface area (Å²) >= 11 is 1.49. The molecule has 0 aliphatic heterocycles. The molecule has 0 saturated heterocycles. The highest BCUT2D eigenvalue weighted by molar-refractivity contribution is 7.07. The van der Waals surface area contributed by atoms with Crippen molar-refractivity contribution in [3.63, 3.8) is 0 Å². The minimum atomic E-state index is -1.38. The lowest BCUT2D eigenvalue weighted by atomic mass is 10.1. The van der Waals surface area contributed by atoms with Gasteiger partial charge in [0, 0.05) is 6.07 Å². The Bertz CT molecular complexity index is 609. The number of nitro benzene ring substituents is 1. The molecular weight excluding hydrogens is 270 g/mol. The van der Waals surface area contributed by atoms with E-state index in [1.54, 1.807) is 0 Å². The summed E-state index contributed by atoms with van der Waals surface area (Å²) in [7, 11) is 0. The van der Waals surface area contributed by atoms with Gasteiger partial charge >= 0.3 is 5.97 Å². The van der Waals surface area contributed by atoms with Gasteiger partial charge in [-0.1, -0.05) is 6.07 Å². The van der Waals surface area contributed by atoms with E-state index < -0.39 is 22.1 Å². The molecule has 7 heteroatoms. The normalized spacial score (nSPS) is 10.1. The largest absolute Gasteiger partial charge is 0.488 e. The summed E-state index contributed by atoms with van der Waals surface area (Å²) in [6, 6.07) is 5.78. The molecule has 1 N–H and O–H groups in total. The van der Waals surface area contributed by atoms with Crippen LogP contribution < -0.4 is 4.74 Å². The lowest BCUT2D eigenvalue weighted by molar-refractivity contribution is -0.385. The fourth-order valence-electron chi connectivity index (χ4n) is 1.54. The van der Waals surface area contributed by atoms with Gasteiger partial charge < -0.3 is 9.84 Å². The average Bonchev–Trinajstić information content (AvgIpc) is 2.88. The number of thiophene rings is 1. The number of carboxylic acids is 1. The minimum absolute atomic E-state index is 0.00657. The predicted molar refractivity (Wildman–Crippen MR) is 68.7 cm³/mol. The molecule has 0 unspecified atom stereocenters. The van der Waals surface area contributed by atoms with E-state index in [1.807, 2.05) is 16.8 Å². The van der Waals surface area contributed by atoms with Gasteiger partial charge in [0.15, 0.2) is 5.56 Å². The van der Waals surface area contributed by atoms with Crippen LogP contribution in [-0.4, -0.2) is 16.0 Å². The van der Waals surface area contributed by atoms with E-state index in [9.17, 15) is 14.9 Å². The summed E-state index contributed by atoms with van der Waals surface area (Å²) < 4.78 is 5.36. The number of hydrogen-bond donors (Lipinski definition) is 1. The van der Waals surface area contributed by atoms with Crippen LogP contribution in [0.4, 0.5) is 5.69 Å². The third-order valence-electron chi connectivity index (χ3n) is 2.39. The number of nitro groups is 1. The lowest BCUT2D eigenvalue weighted by Gasteiger charge is -2.08. The first-order valence-electron chi connectivity index (χ1n) is 5.24. The molecule has 2 rings (SSSR count). The first kappa shape index (κ1) is 13.0. The molecule has 0 fully saturated rings. The van der Waals surface area contributed by atoms with Gasteiger partial charge in [-0.15, -0.1) is 0 Å². The Morgan fingerprint density at radius 2 is 2.21 bits per heavy atom. The fourth-order valence-corrected chi connectivity index (χ4v) is 2.20. The molecule has 98 valence electrons. The van der Waals surface area contributed by atoms with Crippen molar-refractivity contribution in [2.45, 2.75) is 6.61 Å². The van der Waals surface area contributed by atoms with Crippen LogP contribution in [0.5, 0.6) is 5.75 Å². The van der Waals surface area contributed by atoms with Gasteiger partial charge in [0.05, 0.1) is 4.92 Å². The Labute approximate surface area is 112 Å². The van der Waals surface area contributed by atoms with E-state index in [1.165, 1.54) is 23.5 Å². The molecule has 0 radical (unpaired) electrons. The van der Waals surface area contributed by atoms with E-state index >= 15 is 0 Å². The van der Waals surface area contributed by atoms with Crippen molar-refractivity contribution in [2.24, 2.45) is 0 Å². The summed E-state index contributed by atoms with van der Waals surface area (Å²) in [6.45, 7) is 0.172. The lowest BCUT2D eigenvalue weighted by Crippen LogP contribution is -2.06. The topological polar surface area (TPSA) is 89.7 Å². The van der Waals surface area contributed by atoms with E-state index in [0.29, 0.717) is 0 Å². The zero-order valence-electron chi connectivity index (χ0n) is 9.61. The van der Waals surface area contributed by atoms with Crippen LogP contribution in [-0.2, 0) is 6.61 Å². The number of ether oxygens (including phenoxy) is 1. The van der Waals surface area contributed by atoms with Crippen LogP contribution in [0.3, 0.4) is 0 Å². The predicted octanol–water partition coefficient (Wildman–Crippen LogP) is 2.93. The average molecular weight is 279 g/mol. The van der Waals surface area contributed by atoms with Crippen molar-refractivity contribution >= 4 is 23.0 Å². The van der Waals surface area contributed by atoms with E-state index in [0.717, 1.165) is 11.6 Å². The van der Waals surface area contributed by atoms with Crippen molar-refractivity contribution in [2.75, 3.05) is 0 Å². The number of benzene rings is 1. The monoisotopic (exact) mass is 279 g/mol. The third-order valence-corrected chi connectivity index (χ3v) is 3.12. The minimum Gasteiger partial charge on any atom is -0.488 e. The van der Waals surface area contributed by atoms with Crippen LogP contribution >= 0.6 is 11.3 Å². The molecule has 19 heavy (non-hydrogen) atoms. The van der Waals surface area contributed by atoms with Crippen molar-refractivity contribution in [3.05, 3.63) is 56.3 Å². The van der Waals surface area contributed by atoms with E-state index in [2.05, 4.69) is 0 Å². The van der Waals surface area contributed by atoms with Crippen molar-refractivity contribution in [1.29, 1.82) is 0 Å². The Hall–Kier alpha value is -2.41. The maximum Gasteiger partial charge on any atom is 0.346 e. The van der Waals surface area contributed by atoms with Crippen LogP contribution in [0.1, 0.15) is 15.9 Å². The molecule has 1 heterocycles. The molecular formula is C12H9NO5S. The number of rotatable bonds is 5. The summed E-state index contributed by atoms with van der Waals surface area (Å²) in [5.74, 6) is -1.39. The SMILES string of the molecule is O=C(O)c1c(OCc2ccsc2)cccc1[N+](=O)[O-]. The molecule has 0 amide bonds. The Balaban J connectivity index is 2.31. The van der Waals surface area contributed by atoms with Crippen LogP contribution in [0.2, 0.25) is 0 Å². The van der Waals surface area contributed by atoms with Gasteiger partial charge in [-0.25, -0.2) is 4.79 Å². The zero-order valence-corrected chi connectivity index (χ0v) is 10.4. The second kappa shape index (κ2) is 5.49. The second-order valence-electron chi connectivity index (χ2n) is 3.63. The molecule has 1 aromatic heterocycles. The number of hydrogen-bond acceptors (Lipinski definition) is 5. The van der Waals surface area contributed by atoms with Gasteiger partial charge in [-0.2, -0.15) is 11.3 Å². The Morgan fingerprint density at radius 3 is 2.79 bits per heavy atom. The highest BCUT2D eigenvalue weighted by atomic mass is 32.1. The van der Waals surface area contributed by atoms with Crippen molar-refractivity contribution < 1.29 is 19.6 Å². The maximum atomic E-state index is 11.1. The molecule has 0 bridgehead atoms. The standard InChI is InChI=1S/C12H9NO5S/c14-12(15)11-9(13(16)17)2-1-3-10(11)18-6-8-4-5-19-7-8/h1-5,7H,6H2,(H,14,15). The van der Waals surface area contributed by atoms with Gasteiger partial charge in [0.25, 0.3) is 5.69 Å². The van der Waals surface area contributed by atoms with Gasteiger partial charge in [0.1, 0.15) is 12.4 Å². The van der Waals surface area contributed by atoms with Crippen LogP contribution in [0.15, 0.2) is 35.0 Å². The maximum absolute atomic E-state index is 11.1. The highest BCUT2D eigenvalue weighted by Gasteiger charge is 2.24. The number of aromatic carboxylic acids is 1. The quantitative estimate of drug-likeness (QED) is 0.671. The molecule has 6 nitrogen and oxygen atoms in total. The first-order chi connectivity index (χ1) is 9.09. The smallest absolute Gasteiger partial charge is 0.346 e. The summed E-state index contributed by atoms with van der Waals surface area (Å²) in [5.41, 5.74) is -0.0223. The molecule has 1 aromatic carbocycles. The Morgan fingerprint density at radius 1 is 1.42 bits per heavy atom. The summed E-state index contributed by atoms with van der Waals surface area (Å²) in [6.07, 6.45) is 0. The van der Waals surface area contributed by atoms with Crippen LogP contribution in [0.25, 0.3) is 0 Å². The fraction of sp³-hybridized carbons (Fsp3) is 0.0833. The van der Waals surface area contributed by atoms with Crippen molar-refractivity contribution in [1.82, 2.24) is 0 Å². The third kappa shape index (κ3) is 2.89. The van der Waals surface area contributed by atoms with Gasteiger partial charge in [-0.3, -0.25) is 10.1 Å². The number of carboxylic acid groups (broad SMARTS) is 1. The molecule has 0 aliphatic rings. The van der Waals surface area contributed by atoms with E-state index in [4.69, 9.17) is 9.84 Å². The number of carbonyl (C=O) groups is 1. The molecule has 2 aromatic rings. The molecule has 0 spiro atoms. The molecule has 0 saturated carbocycles. The molecule has 0 aliphatic carbocycles. The van der Waals surface area contributed by atoms with Crippen LogP contribution in [0, 0.1) is 10.1 Å². The Kier molecular flexibility index (Phi) is 3.76. The zero-order chi connectivity index (χ0) is 13.8.